The SMILES string of the molecule is COCCC(N)[C@@H]1Cc2c(Cl)cc(Cl)cc2[C@H]1Oc1ccc(S(C)(=O)=O)cc1. The predicted octanol–water partition coefficient (Wildman–Crippen LogP) is 4.05. The Bertz CT molecular complexity index is 947. The van der Waals surface area contributed by atoms with Crippen LogP contribution in [0, 0.1) is 5.92 Å². The number of hydrogen-bond acceptors (Lipinski definition) is 5. The second-order valence-corrected chi connectivity index (χ2v) is 9.91. The third kappa shape index (κ3) is 4.63. The minimum absolute atomic E-state index is 0.00398. The van der Waals surface area contributed by atoms with Gasteiger partial charge in [0.05, 0.1) is 4.90 Å². The van der Waals surface area contributed by atoms with Crippen LogP contribution in [0.1, 0.15) is 23.7 Å². The largest absolute Gasteiger partial charge is 0.485 e. The van der Waals surface area contributed by atoms with E-state index in [1.807, 2.05) is 6.07 Å². The molecule has 1 aliphatic rings. The van der Waals surface area contributed by atoms with Crippen LogP contribution >= 0.6 is 23.2 Å². The maximum absolute atomic E-state index is 11.7. The van der Waals surface area contributed by atoms with Crippen molar-refractivity contribution in [1.82, 2.24) is 0 Å². The number of methoxy groups -OCH3 is 1. The molecular formula is C20H23Cl2NO4S. The van der Waals surface area contributed by atoms with Gasteiger partial charge in [-0.2, -0.15) is 0 Å². The van der Waals surface area contributed by atoms with Crippen molar-refractivity contribution in [1.29, 1.82) is 0 Å². The maximum Gasteiger partial charge on any atom is 0.175 e. The number of hydrogen-bond donors (Lipinski definition) is 1. The fourth-order valence-electron chi connectivity index (χ4n) is 3.57. The molecule has 0 fully saturated rings. The number of rotatable bonds is 7. The molecule has 5 nitrogen and oxygen atoms in total. The molecule has 1 aliphatic carbocycles. The first-order valence-corrected chi connectivity index (χ1v) is 11.5. The van der Waals surface area contributed by atoms with Gasteiger partial charge in [-0.1, -0.05) is 23.2 Å². The quantitative estimate of drug-likeness (QED) is 0.697. The normalized spacial score (nSPS) is 20.0. The van der Waals surface area contributed by atoms with Gasteiger partial charge in [0.25, 0.3) is 0 Å². The van der Waals surface area contributed by atoms with Gasteiger partial charge in [-0.3, -0.25) is 0 Å². The topological polar surface area (TPSA) is 78.6 Å². The van der Waals surface area contributed by atoms with Gasteiger partial charge >= 0.3 is 0 Å². The monoisotopic (exact) mass is 443 g/mol. The number of halogens is 2. The molecule has 0 spiro atoms. The molecule has 3 atom stereocenters. The molecule has 0 saturated carbocycles. The first-order chi connectivity index (χ1) is 13.2. The fourth-order valence-corrected chi connectivity index (χ4v) is 4.79. The van der Waals surface area contributed by atoms with Crippen molar-refractivity contribution < 1.29 is 17.9 Å². The highest BCUT2D eigenvalue weighted by molar-refractivity contribution is 7.90. The number of sulfone groups is 1. The van der Waals surface area contributed by atoms with E-state index in [-0.39, 0.29) is 23.0 Å². The van der Waals surface area contributed by atoms with Crippen LogP contribution in [0.25, 0.3) is 0 Å². The van der Waals surface area contributed by atoms with Crippen LogP contribution in [0.4, 0.5) is 0 Å². The van der Waals surface area contributed by atoms with Gasteiger partial charge in [0.15, 0.2) is 9.84 Å². The Morgan fingerprint density at radius 2 is 1.89 bits per heavy atom. The van der Waals surface area contributed by atoms with Crippen LogP contribution in [0.5, 0.6) is 5.75 Å². The van der Waals surface area contributed by atoms with Crippen LogP contribution in [0.3, 0.4) is 0 Å². The summed E-state index contributed by atoms with van der Waals surface area (Å²) in [7, 11) is -1.62. The van der Waals surface area contributed by atoms with E-state index in [0.717, 1.165) is 11.1 Å². The van der Waals surface area contributed by atoms with Crippen LogP contribution in [0.15, 0.2) is 41.3 Å². The summed E-state index contributed by atoms with van der Waals surface area (Å²) in [6.45, 7) is 0.554. The van der Waals surface area contributed by atoms with E-state index in [4.69, 9.17) is 38.4 Å². The fraction of sp³-hybridized carbons (Fsp3) is 0.400. The van der Waals surface area contributed by atoms with Crippen molar-refractivity contribution in [2.24, 2.45) is 11.7 Å². The second-order valence-electron chi connectivity index (χ2n) is 7.05. The number of fused-ring (bicyclic) bond motifs is 1. The van der Waals surface area contributed by atoms with Crippen molar-refractivity contribution in [3.63, 3.8) is 0 Å². The second kappa shape index (κ2) is 8.59. The van der Waals surface area contributed by atoms with Crippen molar-refractivity contribution in [3.8, 4) is 5.75 Å². The first kappa shape index (κ1) is 21.4. The van der Waals surface area contributed by atoms with E-state index in [1.54, 1.807) is 25.3 Å². The Morgan fingerprint density at radius 3 is 2.50 bits per heavy atom. The van der Waals surface area contributed by atoms with E-state index in [0.29, 0.717) is 35.2 Å². The van der Waals surface area contributed by atoms with Crippen LogP contribution < -0.4 is 10.5 Å². The Morgan fingerprint density at radius 1 is 1.21 bits per heavy atom. The van der Waals surface area contributed by atoms with E-state index in [9.17, 15) is 8.42 Å². The minimum atomic E-state index is -3.27. The molecular weight excluding hydrogens is 421 g/mol. The van der Waals surface area contributed by atoms with Crippen molar-refractivity contribution in [2.75, 3.05) is 20.0 Å². The molecule has 0 amide bonds. The summed E-state index contributed by atoms with van der Waals surface area (Å²) in [5.41, 5.74) is 8.35. The van der Waals surface area contributed by atoms with Crippen LogP contribution in [-0.2, 0) is 21.0 Å². The Labute approximate surface area is 175 Å². The van der Waals surface area contributed by atoms with Gasteiger partial charge < -0.3 is 15.2 Å². The van der Waals surface area contributed by atoms with Gasteiger partial charge in [-0.05, 0) is 60.4 Å². The summed E-state index contributed by atoms with van der Waals surface area (Å²) in [4.78, 5) is 0.242. The predicted molar refractivity (Wildman–Crippen MR) is 111 cm³/mol. The van der Waals surface area contributed by atoms with Gasteiger partial charge in [0.1, 0.15) is 11.9 Å². The molecule has 28 heavy (non-hydrogen) atoms. The summed E-state index contributed by atoms with van der Waals surface area (Å²) < 4.78 is 34.8. The number of benzene rings is 2. The lowest BCUT2D eigenvalue weighted by molar-refractivity contribution is 0.115. The van der Waals surface area contributed by atoms with Crippen LogP contribution in [0.2, 0.25) is 10.0 Å². The van der Waals surface area contributed by atoms with Gasteiger partial charge in [-0.25, -0.2) is 8.42 Å². The first-order valence-electron chi connectivity index (χ1n) is 8.90. The zero-order chi connectivity index (χ0) is 20.5. The standard InChI is InChI=1S/C20H23Cl2NO4S/c1-26-8-7-19(23)17-11-15-16(9-12(21)10-18(15)22)20(17)27-13-3-5-14(6-4-13)28(2,24)25/h3-6,9-10,17,19-20H,7-8,11,23H2,1-2H3/t17-,19?,20+/m0/s1. The van der Waals surface area contributed by atoms with E-state index in [1.165, 1.54) is 18.4 Å². The van der Waals surface area contributed by atoms with Crippen molar-refractivity contribution in [3.05, 3.63) is 57.6 Å². The molecule has 0 radical (unpaired) electrons. The molecule has 8 heteroatoms. The summed E-state index contributed by atoms with van der Waals surface area (Å²) >= 11 is 12.6. The zero-order valence-electron chi connectivity index (χ0n) is 15.7. The summed E-state index contributed by atoms with van der Waals surface area (Å²) in [5.74, 6) is 0.556. The lowest BCUT2D eigenvalue weighted by Gasteiger charge is -2.27. The van der Waals surface area contributed by atoms with Crippen LogP contribution in [-0.4, -0.2) is 34.4 Å². The summed E-state index contributed by atoms with van der Waals surface area (Å²) in [6, 6.07) is 9.81. The van der Waals surface area contributed by atoms with Gasteiger partial charge in [0.2, 0.25) is 0 Å². The Kier molecular flexibility index (Phi) is 6.57. The van der Waals surface area contributed by atoms with E-state index < -0.39 is 9.84 Å². The lowest BCUT2D eigenvalue weighted by Crippen LogP contribution is -2.35. The maximum atomic E-state index is 11.7. The minimum Gasteiger partial charge on any atom is -0.485 e. The molecule has 2 aromatic rings. The average Bonchev–Trinajstić information content (AvgIpc) is 2.98. The molecule has 3 rings (SSSR count). The molecule has 0 bridgehead atoms. The summed E-state index contributed by atoms with van der Waals surface area (Å²) in [5, 5.41) is 1.14. The molecule has 1 unspecified atom stereocenters. The van der Waals surface area contributed by atoms with Crippen molar-refractivity contribution in [2.45, 2.75) is 29.9 Å². The smallest absolute Gasteiger partial charge is 0.175 e. The summed E-state index contributed by atoms with van der Waals surface area (Å²) in [6.07, 6.45) is 2.21. The molecule has 0 aliphatic heterocycles. The van der Waals surface area contributed by atoms with E-state index >= 15 is 0 Å². The third-order valence-electron chi connectivity index (χ3n) is 5.05. The molecule has 152 valence electrons. The zero-order valence-corrected chi connectivity index (χ0v) is 18.0. The van der Waals surface area contributed by atoms with Crippen molar-refractivity contribution >= 4 is 33.0 Å². The van der Waals surface area contributed by atoms with Gasteiger partial charge in [-0.15, -0.1) is 0 Å². The highest BCUT2D eigenvalue weighted by Crippen LogP contribution is 2.45. The highest BCUT2D eigenvalue weighted by Gasteiger charge is 2.39. The van der Waals surface area contributed by atoms with E-state index in [2.05, 4.69) is 0 Å². The molecule has 0 heterocycles. The molecule has 0 aromatic heterocycles. The third-order valence-corrected chi connectivity index (χ3v) is 6.73. The molecule has 2 aromatic carbocycles. The molecule has 2 N–H and O–H groups in total. The highest BCUT2D eigenvalue weighted by atomic mass is 35.5. The van der Waals surface area contributed by atoms with Gasteiger partial charge in [0, 0.05) is 42.0 Å². The lowest BCUT2D eigenvalue weighted by atomic mass is 9.92. The Hall–Kier alpha value is -1.31. The Balaban J connectivity index is 1.92. The average molecular weight is 444 g/mol. The number of ether oxygens (including phenoxy) is 2. The number of nitrogens with two attached hydrogens (primary N) is 1. The molecule has 0 saturated heterocycles.